The Kier molecular flexibility index (Phi) is 5.91. The van der Waals surface area contributed by atoms with E-state index in [0.29, 0.717) is 19.0 Å². The minimum Gasteiger partial charge on any atom is -0.385 e. The van der Waals surface area contributed by atoms with Crippen LogP contribution >= 0.6 is 0 Å². The van der Waals surface area contributed by atoms with E-state index in [9.17, 15) is 14.9 Å². The van der Waals surface area contributed by atoms with Gasteiger partial charge in [0.15, 0.2) is 0 Å². The van der Waals surface area contributed by atoms with Gasteiger partial charge in [0.05, 0.1) is 6.54 Å². The first kappa shape index (κ1) is 15.9. The molecule has 1 amide bonds. The van der Waals surface area contributed by atoms with Crippen LogP contribution in [0.1, 0.15) is 6.42 Å². The first-order chi connectivity index (χ1) is 9.47. The minimum atomic E-state index is -0.567. The second-order valence-corrected chi connectivity index (χ2v) is 4.31. The Morgan fingerprint density at radius 1 is 1.65 bits per heavy atom. The first-order valence-corrected chi connectivity index (χ1v) is 6.09. The van der Waals surface area contributed by atoms with Crippen molar-refractivity contribution in [1.82, 2.24) is 14.9 Å². The van der Waals surface area contributed by atoms with E-state index in [1.54, 1.807) is 21.2 Å². The third-order valence-corrected chi connectivity index (χ3v) is 2.65. The molecule has 9 nitrogen and oxygen atoms in total. The molecule has 0 aliphatic rings. The van der Waals surface area contributed by atoms with E-state index in [1.807, 2.05) is 0 Å². The van der Waals surface area contributed by atoms with Crippen LogP contribution in [-0.4, -0.2) is 54.2 Å². The fourth-order valence-electron chi connectivity index (χ4n) is 1.77. The van der Waals surface area contributed by atoms with Gasteiger partial charge >= 0.3 is 5.82 Å². The highest BCUT2D eigenvalue weighted by Crippen LogP contribution is 2.24. The molecule has 112 valence electrons. The van der Waals surface area contributed by atoms with Gasteiger partial charge in [-0.25, -0.2) is 0 Å². The van der Waals surface area contributed by atoms with Crippen molar-refractivity contribution in [3.05, 3.63) is 16.4 Å². The van der Waals surface area contributed by atoms with Crippen molar-refractivity contribution < 1.29 is 14.5 Å². The normalized spacial score (nSPS) is 10.3. The monoisotopic (exact) mass is 285 g/mol. The van der Waals surface area contributed by atoms with Crippen LogP contribution in [-0.2, 0) is 16.6 Å². The van der Waals surface area contributed by atoms with Crippen molar-refractivity contribution in [2.24, 2.45) is 7.05 Å². The third kappa shape index (κ3) is 4.19. The number of amides is 1. The van der Waals surface area contributed by atoms with Crippen molar-refractivity contribution in [2.75, 3.05) is 38.8 Å². The molecule has 1 heterocycles. The number of imidazole rings is 1. The highest BCUT2D eigenvalue weighted by atomic mass is 16.6. The van der Waals surface area contributed by atoms with Crippen LogP contribution in [0.2, 0.25) is 0 Å². The molecule has 0 aromatic carbocycles. The molecule has 0 aliphatic carbocycles. The zero-order chi connectivity index (χ0) is 15.1. The van der Waals surface area contributed by atoms with Crippen molar-refractivity contribution in [1.29, 1.82) is 0 Å². The summed E-state index contributed by atoms with van der Waals surface area (Å²) in [6, 6.07) is 0. The summed E-state index contributed by atoms with van der Waals surface area (Å²) in [7, 11) is 4.85. The van der Waals surface area contributed by atoms with Gasteiger partial charge in [-0.05, 0) is 16.3 Å². The molecule has 1 aromatic heterocycles. The van der Waals surface area contributed by atoms with Crippen molar-refractivity contribution in [2.45, 2.75) is 6.42 Å². The van der Waals surface area contributed by atoms with Crippen LogP contribution in [0.15, 0.2) is 6.33 Å². The molecule has 0 atom stereocenters. The second kappa shape index (κ2) is 7.43. The molecule has 1 aromatic rings. The molecular formula is C11H19N5O4. The summed E-state index contributed by atoms with van der Waals surface area (Å²) >= 11 is 0. The molecule has 0 unspecified atom stereocenters. The zero-order valence-electron chi connectivity index (χ0n) is 11.8. The van der Waals surface area contributed by atoms with Gasteiger partial charge in [0.1, 0.15) is 0 Å². The van der Waals surface area contributed by atoms with E-state index in [0.717, 1.165) is 6.42 Å². The van der Waals surface area contributed by atoms with Gasteiger partial charge in [-0.2, -0.15) is 0 Å². The number of nitrogens with zero attached hydrogens (tertiary/aromatic N) is 4. The SMILES string of the molecule is COCCCNC(=O)CN(C)c1c([N+](=O)[O-])ncn1C. The highest BCUT2D eigenvalue weighted by Gasteiger charge is 2.24. The van der Waals surface area contributed by atoms with Gasteiger partial charge < -0.3 is 25.1 Å². The Bertz CT molecular complexity index is 473. The van der Waals surface area contributed by atoms with Crippen molar-refractivity contribution in [3.8, 4) is 0 Å². The van der Waals surface area contributed by atoms with Crippen LogP contribution in [0.3, 0.4) is 0 Å². The van der Waals surface area contributed by atoms with E-state index < -0.39 is 4.92 Å². The molecule has 9 heteroatoms. The van der Waals surface area contributed by atoms with E-state index in [2.05, 4.69) is 10.3 Å². The van der Waals surface area contributed by atoms with Crippen LogP contribution in [0.4, 0.5) is 11.6 Å². The lowest BCUT2D eigenvalue weighted by molar-refractivity contribution is -0.388. The number of methoxy groups -OCH3 is 1. The van der Waals surface area contributed by atoms with E-state index in [-0.39, 0.29) is 18.3 Å². The Morgan fingerprint density at radius 3 is 2.95 bits per heavy atom. The molecule has 20 heavy (non-hydrogen) atoms. The number of anilines is 1. The fourth-order valence-corrected chi connectivity index (χ4v) is 1.77. The number of aryl methyl sites for hydroxylation is 1. The maximum Gasteiger partial charge on any atom is 0.406 e. The molecular weight excluding hydrogens is 266 g/mol. The number of likely N-dealkylation sites (N-methyl/N-ethyl adjacent to an activating group) is 1. The van der Waals surface area contributed by atoms with Crippen LogP contribution < -0.4 is 10.2 Å². The largest absolute Gasteiger partial charge is 0.406 e. The second-order valence-electron chi connectivity index (χ2n) is 4.31. The third-order valence-electron chi connectivity index (χ3n) is 2.65. The maximum absolute atomic E-state index is 11.7. The van der Waals surface area contributed by atoms with Gasteiger partial charge in [-0.15, -0.1) is 0 Å². The lowest BCUT2D eigenvalue weighted by Crippen LogP contribution is -2.36. The smallest absolute Gasteiger partial charge is 0.385 e. The van der Waals surface area contributed by atoms with Crippen LogP contribution in [0, 0.1) is 10.1 Å². The van der Waals surface area contributed by atoms with Gasteiger partial charge in [-0.3, -0.25) is 9.36 Å². The lowest BCUT2D eigenvalue weighted by atomic mass is 10.4. The van der Waals surface area contributed by atoms with E-state index in [4.69, 9.17) is 4.74 Å². The molecule has 0 aliphatic heterocycles. The molecule has 0 fully saturated rings. The quantitative estimate of drug-likeness (QED) is 0.407. The number of hydrogen-bond acceptors (Lipinski definition) is 6. The first-order valence-electron chi connectivity index (χ1n) is 6.09. The number of nitrogens with one attached hydrogen (secondary N) is 1. The average Bonchev–Trinajstić information content (AvgIpc) is 2.76. The Hall–Kier alpha value is -2.16. The van der Waals surface area contributed by atoms with Gasteiger partial charge in [0, 0.05) is 34.4 Å². The number of nitro groups is 1. The van der Waals surface area contributed by atoms with Crippen molar-refractivity contribution >= 4 is 17.5 Å². The molecule has 0 saturated carbocycles. The molecule has 1 N–H and O–H groups in total. The average molecular weight is 285 g/mol. The van der Waals surface area contributed by atoms with Crippen LogP contribution in [0.25, 0.3) is 0 Å². The van der Waals surface area contributed by atoms with E-state index >= 15 is 0 Å². The highest BCUT2D eigenvalue weighted by molar-refractivity contribution is 5.81. The topological polar surface area (TPSA) is 103 Å². The number of hydrogen-bond donors (Lipinski definition) is 1. The predicted octanol–water partition coefficient (Wildman–Crippen LogP) is -0.0828. The Labute approximate surface area is 116 Å². The summed E-state index contributed by atoms with van der Waals surface area (Å²) in [6.45, 7) is 1.10. The van der Waals surface area contributed by atoms with Crippen molar-refractivity contribution in [3.63, 3.8) is 0 Å². The number of rotatable bonds is 8. The predicted molar refractivity (Wildman–Crippen MR) is 72.6 cm³/mol. The zero-order valence-corrected chi connectivity index (χ0v) is 11.8. The van der Waals surface area contributed by atoms with Gasteiger partial charge in [0.2, 0.25) is 18.1 Å². The molecule has 0 radical (unpaired) electrons. The lowest BCUT2D eigenvalue weighted by Gasteiger charge is -2.17. The molecule has 1 rings (SSSR count). The maximum atomic E-state index is 11.7. The summed E-state index contributed by atoms with van der Waals surface area (Å²) in [5, 5.41) is 13.6. The summed E-state index contributed by atoms with van der Waals surface area (Å²) in [4.78, 5) is 27.2. The number of carbonyl (C=O) groups excluding carboxylic acids is 1. The standard InChI is InChI=1S/C11H19N5O4/c1-14(7-9(17)12-5-4-6-20-3)11-10(16(18)19)13-8-15(11)2/h8H,4-7H2,1-3H3,(H,12,17). The Balaban J connectivity index is 2.58. The fraction of sp³-hybridized carbons (Fsp3) is 0.636. The van der Waals surface area contributed by atoms with Crippen LogP contribution in [0.5, 0.6) is 0 Å². The van der Waals surface area contributed by atoms with Gasteiger partial charge in [-0.1, -0.05) is 0 Å². The number of ether oxygens (including phenoxy) is 1. The molecule has 0 spiro atoms. The summed E-state index contributed by atoms with van der Waals surface area (Å²) in [5.41, 5.74) is 0. The van der Waals surface area contributed by atoms with Gasteiger partial charge in [0.25, 0.3) is 0 Å². The summed E-state index contributed by atoms with van der Waals surface area (Å²) in [5.74, 6) is -0.177. The molecule has 0 saturated heterocycles. The summed E-state index contributed by atoms with van der Waals surface area (Å²) < 4.78 is 6.38. The Morgan fingerprint density at radius 2 is 2.35 bits per heavy atom. The number of carbonyl (C=O) groups is 1. The summed E-state index contributed by atoms with van der Waals surface area (Å²) in [6.07, 6.45) is 2.07. The minimum absolute atomic E-state index is 0.0212. The molecule has 0 bridgehead atoms. The number of aromatic nitrogens is 2. The van der Waals surface area contributed by atoms with E-state index in [1.165, 1.54) is 15.8 Å².